The van der Waals surface area contributed by atoms with E-state index in [0.29, 0.717) is 6.61 Å². The molecule has 4 aromatic rings. The van der Waals surface area contributed by atoms with E-state index in [0.717, 1.165) is 21.6 Å². The summed E-state index contributed by atoms with van der Waals surface area (Å²) in [6, 6.07) is 34.2. The van der Waals surface area contributed by atoms with Gasteiger partial charge in [0.05, 0.1) is 37.6 Å². The maximum Gasteiger partial charge on any atom is 0.303 e. The van der Waals surface area contributed by atoms with E-state index in [1.807, 2.05) is 91.0 Å². The third-order valence-corrected chi connectivity index (χ3v) is 7.98. The molecule has 2 amide bonds. The molecule has 5 atom stereocenters. The zero-order valence-electron chi connectivity index (χ0n) is 25.4. The summed E-state index contributed by atoms with van der Waals surface area (Å²) in [6.07, 6.45) is -4.05. The Labute approximate surface area is 267 Å². The van der Waals surface area contributed by atoms with Gasteiger partial charge < -0.3 is 23.7 Å². The number of carbonyl (C=O) groups is 3. The topological polar surface area (TPSA) is 101 Å². The van der Waals surface area contributed by atoms with Gasteiger partial charge in [-0.2, -0.15) is 0 Å². The number of benzene rings is 4. The van der Waals surface area contributed by atoms with Gasteiger partial charge in [-0.3, -0.25) is 19.3 Å². The van der Waals surface area contributed by atoms with Crippen LogP contribution in [0.1, 0.15) is 44.3 Å². The van der Waals surface area contributed by atoms with Crippen molar-refractivity contribution in [3.63, 3.8) is 0 Å². The largest absolute Gasteiger partial charge is 0.457 e. The summed E-state index contributed by atoms with van der Waals surface area (Å²) < 4.78 is 31.4. The van der Waals surface area contributed by atoms with Crippen LogP contribution in [-0.2, 0) is 48.3 Å². The predicted octanol–water partition coefficient (Wildman–Crippen LogP) is 5.33. The van der Waals surface area contributed by atoms with Crippen molar-refractivity contribution in [1.82, 2.24) is 4.90 Å². The van der Waals surface area contributed by atoms with Crippen LogP contribution in [0.25, 0.3) is 0 Å². The zero-order chi connectivity index (χ0) is 31.9. The maximum absolute atomic E-state index is 13.9. The Morgan fingerprint density at radius 3 is 1.65 bits per heavy atom. The molecule has 4 aromatic carbocycles. The molecule has 2 aliphatic rings. The monoisotopic (exact) mass is 621 g/mol. The zero-order valence-corrected chi connectivity index (χ0v) is 25.4. The third-order valence-electron chi connectivity index (χ3n) is 7.98. The highest BCUT2D eigenvalue weighted by molar-refractivity contribution is 6.21. The normalized spacial score (nSPS) is 22.5. The Morgan fingerprint density at radius 2 is 1.13 bits per heavy atom. The Kier molecular flexibility index (Phi) is 9.95. The van der Waals surface area contributed by atoms with Crippen molar-refractivity contribution < 1.29 is 38.1 Å². The smallest absolute Gasteiger partial charge is 0.303 e. The number of nitrogens with zero attached hydrogens (tertiary/aromatic N) is 1. The van der Waals surface area contributed by atoms with Gasteiger partial charge in [0, 0.05) is 6.92 Å². The lowest BCUT2D eigenvalue weighted by Gasteiger charge is -2.47. The molecule has 0 aliphatic carbocycles. The van der Waals surface area contributed by atoms with Crippen molar-refractivity contribution in [3.05, 3.63) is 143 Å². The minimum atomic E-state index is -1.14. The van der Waals surface area contributed by atoms with E-state index in [-0.39, 0.29) is 30.9 Å². The van der Waals surface area contributed by atoms with Crippen LogP contribution in [0.15, 0.2) is 115 Å². The first-order valence-electron chi connectivity index (χ1n) is 15.2. The van der Waals surface area contributed by atoms with Crippen LogP contribution < -0.4 is 0 Å². The van der Waals surface area contributed by atoms with Crippen LogP contribution in [0.2, 0.25) is 0 Å². The second-order valence-corrected chi connectivity index (χ2v) is 11.2. The highest BCUT2D eigenvalue weighted by Gasteiger charge is 2.56. The predicted molar refractivity (Wildman–Crippen MR) is 167 cm³/mol. The molecule has 1 fully saturated rings. The molecule has 0 bridgehead atoms. The van der Waals surface area contributed by atoms with Crippen molar-refractivity contribution in [2.24, 2.45) is 0 Å². The lowest BCUT2D eigenvalue weighted by molar-refractivity contribution is -0.295. The molecule has 236 valence electrons. The SMILES string of the molecule is CC(=O)O[C@H]1[C@H](OCc2ccccc2)[C@H](N2C(=O)c3ccccc3C2=O)[C@@H](OCc2ccccc2)O[C@@H]1COCc1ccccc1. The van der Waals surface area contributed by atoms with Gasteiger partial charge in [-0.25, -0.2) is 0 Å². The van der Waals surface area contributed by atoms with Gasteiger partial charge in [-0.05, 0) is 28.8 Å². The lowest BCUT2D eigenvalue weighted by atomic mass is 9.94. The van der Waals surface area contributed by atoms with E-state index in [1.54, 1.807) is 24.3 Å². The summed E-state index contributed by atoms with van der Waals surface area (Å²) in [7, 11) is 0. The number of hydrogen-bond donors (Lipinski definition) is 0. The molecule has 9 heteroatoms. The second kappa shape index (κ2) is 14.6. The molecule has 9 nitrogen and oxygen atoms in total. The van der Waals surface area contributed by atoms with Crippen LogP contribution in [0.5, 0.6) is 0 Å². The highest BCUT2D eigenvalue weighted by Crippen LogP contribution is 2.36. The molecular weight excluding hydrogens is 586 g/mol. The van der Waals surface area contributed by atoms with Crippen LogP contribution in [0, 0.1) is 0 Å². The standard InChI is InChI=1S/C37H35NO8/c1-25(39)45-33-31(24-42-21-26-13-5-2-6-14-26)46-37(44-23-28-17-9-4-10-18-28)32(34(33)43-22-27-15-7-3-8-16-27)38-35(40)29-19-11-12-20-30(29)36(38)41/h2-20,31-34,37H,21-24H2,1H3/t31-,32+,33-,34-,37+/m1/s1. The first-order chi connectivity index (χ1) is 22.5. The van der Waals surface area contributed by atoms with Gasteiger partial charge in [0.25, 0.3) is 11.8 Å². The summed E-state index contributed by atoms with van der Waals surface area (Å²) in [5.74, 6) is -1.58. The van der Waals surface area contributed by atoms with Crippen molar-refractivity contribution in [1.29, 1.82) is 0 Å². The van der Waals surface area contributed by atoms with Gasteiger partial charge in [-0.15, -0.1) is 0 Å². The number of carbonyl (C=O) groups excluding carboxylic acids is 3. The van der Waals surface area contributed by atoms with Gasteiger partial charge >= 0.3 is 5.97 Å². The molecule has 2 heterocycles. The Balaban J connectivity index is 1.37. The number of ether oxygens (including phenoxy) is 5. The van der Waals surface area contributed by atoms with Gasteiger partial charge in [0.2, 0.25) is 0 Å². The highest BCUT2D eigenvalue weighted by atomic mass is 16.7. The first-order valence-corrected chi connectivity index (χ1v) is 15.2. The third kappa shape index (κ3) is 7.08. The Morgan fingerprint density at radius 1 is 0.652 bits per heavy atom. The number of hydrogen-bond acceptors (Lipinski definition) is 8. The summed E-state index contributed by atoms with van der Waals surface area (Å²) in [5, 5.41) is 0. The maximum atomic E-state index is 13.9. The fraction of sp³-hybridized carbons (Fsp3) is 0.270. The number of fused-ring (bicyclic) bond motifs is 1. The molecule has 0 unspecified atom stereocenters. The van der Waals surface area contributed by atoms with E-state index in [2.05, 4.69) is 0 Å². The first kappa shape index (κ1) is 31.3. The number of esters is 1. The van der Waals surface area contributed by atoms with Gasteiger partial charge in [0.15, 0.2) is 12.4 Å². The van der Waals surface area contributed by atoms with Crippen LogP contribution >= 0.6 is 0 Å². The van der Waals surface area contributed by atoms with E-state index >= 15 is 0 Å². The average molecular weight is 622 g/mol. The molecule has 0 spiro atoms. The van der Waals surface area contributed by atoms with E-state index in [1.165, 1.54) is 6.92 Å². The molecule has 0 radical (unpaired) electrons. The average Bonchev–Trinajstić information content (AvgIpc) is 3.33. The molecule has 2 aliphatic heterocycles. The lowest BCUT2D eigenvalue weighted by Crippen LogP contribution is -2.67. The minimum Gasteiger partial charge on any atom is -0.457 e. The van der Waals surface area contributed by atoms with E-state index < -0.39 is 48.4 Å². The fourth-order valence-corrected chi connectivity index (χ4v) is 5.82. The van der Waals surface area contributed by atoms with E-state index in [4.69, 9.17) is 23.7 Å². The van der Waals surface area contributed by atoms with Crippen molar-refractivity contribution >= 4 is 17.8 Å². The molecule has 46 heavy (non-hydrogen) atoms. The Hall–Kier alpha value is -4.67. The molecule has 1 saturated heterocycles. The molecule has 0 saturated carbocycles. The number of imide groups is 1. The van der Waals surface area contributed by atoms with Crippen molar-refractivity contribution in [3.8, 4) is 0 Å². The summed E-state index contributed by atoms with van der Waals surface area (Å²) in [4.78, 5) is 41.5. The number of rotatable bonds is 12. The van der Waals surface area contributed by atoms with Gasteiger partial charge in [0.1, 0.15) is 18.2 Å². The second-order valence-electron chi connectivity index (χ2n) is 11.2. The molecule has 0 aromatic heterocycles. The summed E-state index contributed by atoms with van der Waals surface area (Å²) >= 11 is 0. The van der Waals surface area contributed by atoms with Gasteiger partial charge in [-0.1, -0.05) is 103 Å². The van der Waals surface area contributed by atoms with E-state index in [9.17, 15) is 14.4 Å². The van der Waals surface area contributed by atoms with Crippen molar-refractivity contribution in [2.75, 3.05) is 6.61 Å². The van der Waals surface area contributed by atoms with Crippen LogP contribution in [0.4, 0.5) is 0 Å². The molecular formula is C37H35NO8. The summed E-state index contributed by atoms with van der Waals surface area (Å²) in [5.41, 5.74) is 3.23. The van der Waals surface area contributed by atoms with Crippen molar-refractivity contribution in [2.45, 2.75) is 57.4 Å². The van der Waals surface area contributed by atoms with Crippen LogP contribution in [0.3, 0.4) is 0 Å². The number of amides is 2. The molecule has 6 rings (SSSR count). The Bertz CT molecular complexity index is 1600. The minimum absolute atomic E-state index is 0.0259. The quantitative estimate of drug-likeness (QED) is 0.155. The summed E-state index contributed by atoms with van der Waals surface area (Å²) in [6.45, 7) is 1.86. The molecule has 0 N–H and O–H groups in total. The van der Waals surface area contributed by atoms with Crippen LogP contribution in [-0.4, -0.2) is 59.9 Å². The fourth-order valence-electron chi connectivity index (χ4n) is 5.82.